The summed E-state index contributed by atoms with van der Waals surface area (Å²) < 4.78 is 2.51. The van der Waals surface area contributed by atoms with E-state index in [0.717, 1.165) is 50.7 Å². The summed E-state index contributed by atoms with van der Waals surface area (Å²) in [4.78, 5) is 17.8. The van der Waals surface area contributed by atoms with Crippen LogP contribution in [-0.4, -0.2) is 9.67 Å². The van der Waals surface area contributed by atoms with Crippen LogP contribution in [0.25, 0.3) is 27.5 Å². The van der Waals surface area contributed by atoms with Gasteiger partial charge in [-0.05, 0) is 128 Å². The first-order valence-electron chi connectivity index (χ1n) is 24.4. The molecule has 1 N–H and O–H groups in total. The van der Waals surface area contributed by atoms with Gasteiger partial charge in [-0.3, -0.25) is 4.79 Å². The monoisotopic (exact) mass is 796 g/mol. The van der Waals surface area contributed by atoms with Crippen molar-refractivity contribution in [3.63, 3.8) is 0 Å². The van der Waals surface area contributed by atoms with Crippen molar-refractivity contribution in [3.8, 4) is 5.69 Å². The van der Waals surface area contributed by atoms with Crippen molar-refractivity contribution in [1.82, 2.24) is 4.57 Å². The first kappa shape index (κ1) is 38.5. The van der Waals surface area contributed by atoms with Crippen molar-refractivity contribution < 1.29 is 5.11 Å². The van der Waals surface area contributed by atoms with Crippen molar-refractivity contribution in [2.45, 2.75) is 153 Å². The van der Waals surface area contributed by atoms with Crippen molar-refractivity contribution in [2.24, 2.45) is 17.8 Å². The fourth-order valence-corrected chi connectivity index (χ4v) is 13.3. The maximum Gasteiger partial charge on any atom is 0.197 e. The van der Waals surface area contributed by atoms with Crippen LogP contribution in [0.3, 0.4) is 0 Å². The minimum atomic E-state index is -0.802. The number of aliphatic hydroxyl groups is 1. The molecule has 1 aromatic heterocycles. The van der Waals surface area contributed by atoms with Gasteiger partial charge in [-0.25, -0.2) is 0 Å². The number of fused-ring (bicyclic) bond motifs is 4. The maximum atomic E-state index is 15.2. The molecule has 1 aliphatic heterocycles. The van der Waals surface area contributed by atoms with E-state index in [2.05, 4.69) is 94.4 Å². The zero-order valence-corrected chi connectivity index (χ0v) is 35.7. The molecule has 0 saturated heterocycles. The lowest BCUT2D eigenvalue weighted by Crippen LogP contribution is -2.35. The van der Waals surface area contributed by atoms with Gasteiger partial charge >= 0.3 is 0 Å². The van der Waals surface area contributed by atoms with Crippen LogP contribution in [0.15, 0.2) is 107 Å². The molecule has 0 radical (unpaired) electrons. The summed E-state index contributed by atoms with van der Waals surface area (Å²) in [7, 11) is 0. The molecule has 4 fully saturated rings. The van der Waals surface area contributed by atoms with Crippen LogP contribution in [0.4, 0.5) is 11.4 Å². The molecule has 5 aromatic rings. The van der Waals surface area contributed by atoms with Crippen LogP contribution in [0.2, 0.25) is 0 Å². The van der Waals surface area contributed by atoms with E-state index >= 15 is 4.79 Å². The Balaban J connectivity index is 1.21. The van der Waals surface area contributed by atoms with E-state index in [-0.39, 0.29) is 5.43 Å². The van der Waals surface area contributed by atoms with Gasteiger partial charge in [0.1, 0.15) is 6.10 Å². The second kappa shape index (κ2) is 16.5. The number of hydrogen-bond acceptors (Lipinski definition) is 3. The summed E-state index contributed by atoms with van der Waals surface area (Å²) in [6.07, 6.45) is 30.7. The number of pyridine rings is 1. The molecule has 2 atom stereocenters. The molecule has 0 amide bonds. The fourth-order valence-electron chi connectivity index (χ4n) is 13.3. The number of benzene rings is 4. The summed E-state index contributed by atoms with van der Waals surface area (Å²) >= 11 is 0. The lowest BCUT2D eigenvalue weighted by molar-refractivity contribution is 0.218. The SMILES string of the molecule is O=c1c2ccccc2n(-c2c(C3CCCCC3)cccc2C2CCCCC2)c2cc3c(cc12)N(C1=C(C2CCCCC2)C=CCC1C1CCCCC1)c1ccccc1C3O. The molecule has 4 nitrogen and oxygen atoms in total. The molecular formula is C56H64N2O2. The normalized spacial score (nSPS) is 23.6. The lowest BCUT2D eigenvalue weighted by atomic mass is 9.70. The molecule has 6 aliphatic rings. The second-order valence-electron chi connectivity index (χ2n) is 19.7. The van der Waals surface area contributed by atoms with Crippen LogP contribution in [0.5, 0.6) is 0 Å². The average molecular weight is 797 g/mol. The van der Waals surface area contributed by atoms with Crippen LogP contribution in [0, 0.1) is 17.8 Å². The molecular weight excluding hydrogens is 733 g/mol. The Morgan fingerprint density at radius 1 is 0.517 bits per heavy atom. The lowest BCUT2D eigenvalue weighted by Gasteiger charge is -2.45. The summed E-state index contributed by atoms with van der Waals surface area (Å²) in [6.45, 7) is 0. The van der Waals surface area contributed by atoms with E-state index < -0.39 is 6.10 Å². The molecule has 4 aromatic carbocycles. The summed E-state index contributed by atoms with van der Waals surface area (Å²) in [5, 5.41) is 14.3. The van der Waals surface area contributed by atoms with E-state index in [1.165, 1.54) is 157 Å². The first-order valence-corrected chi connectivity index (χ1v) is 24.4. The van der Waals surface area contributed by atoms with Gasteiger partial charge in [0.05, 0.1) is 28.1 Å². The molecule has 4 heteroatoms. The van der Waals surface area contributed by atoms with Gasteiger partial charge in [-0.2, -0.15) is 0 Å². The van der Waals surface area contributed by atoms with Gasteiger partial charge in [0.25, 0.3) is 0 Å². The number of nitrogens with zero attached hydrogens (tertiary/aromatic N) is 2. The van der Waals surface area contributed by atoms with Gasteiger partial charge in [-0.1, -0.05) is 138 Å². The predicted molar refractivity (Wildman–Crippen MR) is 249 cm³/mol. The zero-order chi connectivity index (χ0) is 40.2. The summed E-state index contributed by atoms with van der Waals surface area (Å²) in [5.41, 5.74) is 13.2. The molecule has 0 spiro atoms. The molecule has 5 aliphatic carbocycles. The standard InChI is InChI=1S/C56H64N2O2/c59-55-45-27-13-15-33-49(45)57(53-41(37-19-5-1-6-20-37)29-17-30-42(53)38-21-7-2-8-22-38)51-35-48-52(36-47(51)55)58(50-34-16-14-28-46(50)56(48)60)54-43(39-23-9-3-10-24-39)31-18-32-44(54)40-25-11-4-12-26-40/h13-18,27-31,33-40,44,56,60H,1-12,19-26,32H2. The van der Waals surface area contributed by atoms with Crippen LogP contribution in [-0.2, 0) is 0 Å². The van der Waals surface area contributed by atoms with Gasteiger partial charge in [0.15, 0.2) is 5.43 Å². The molecule has 2 heterocycles. The van der Waals surface area contributed by atoms with Crippen molar-refractivity contribution >= 4 is 33.2 Å². The molecule has 60 heavy (non-hydrogen) atoms. The average Bonchev–Trinajstić information content (AvgIpc) is 3.32. The minimum absolute atomic E-state index is 0.0937. The Bertz CT molecular complexity index is 2480. The highest BCUT2D eigenvalue weighted by Gasteiger charge is 2.40. The largest absolute Gasteiger partial charge is 0.383 e. The number of para-hydroxylation sites is 3. The summed E-state index contributed by atoms with van der Waals surface area (Å²) in [6, 6.07) is 28.7. The first-order chi connectivity index (χ1) is 29.7. The number of rotatable bonds is 6. The quantitative estimate of drug-likeness (QED) is 0.174. The van der Waals surface area contributed by atoms with Crippen molar-refractivity contribution in [2.75, 3.05) is 4.90 Å². The number of allylic oxidation sites excluding steroid dienone is 4. The van der Waals surface area contributed by atoms with E-state index in [1.54, 1.807) is 0 Å². The van der Waals surface area contributed by atoms with Crippen molar-refractivity contribution in [1.29, 1.82) is 0 Å². The Morgan fingerprint density at radius 3 is 1.78 bits per heavy atom. The third-order valence-electron chi connectivity index (χ3n) is 16.3. The van der Waals surface area contributed by atoms with E-state index in [1.807, 2.05) is 6.07 Å². The van der Waals surface area contributed by atoms with Gasteiger partial charge < -0.3 is 14.6 Å². The second-order valence-corrected chi connectivity index (χ2v) is 19.7. The summed E-state index contributed by atoms with van der Waals surface area (Å²) in [5.74, 6) is 2.58. The highest BCUT2D eigenvalue weighted by molar-refractivity contribution is 5.99. The fraction of sp³-hybridized carbons (Fsp3) is 0.482. The van der Waals surface area contributed by atoms with E-state index in [4.69, 9.17) is 0 Å². The van der Waals surface area contributed by atoms with Crippen LogP contribution in [0.1, 0.15) is 175 Å². The maximum absolute atomic E-state index is 15.2. The molecule has 310 valence electrons. The Hall–Kier alpha value is -4.41. The zero-order valence-electron chi connectivity index (χ0n) is 35.7. The molecule has 0 bridgehead atoms. The van der Waals surface area contributed by atoms with Crippen LogP contribution < -0.4 is 10.3 Å². The molecule has 11 rings (SSSR count). The third-order valence-corrected chi connectivity index (χ3v) is 16.3. The molecule has 4 saturated carbocycles. The number of hydrogen-bond donors (Lipinski definition) is 1. The minimum Gasteiger partial charge on any atom is -0.383 e. The third kappa shape index (κ3) is 6.62. The predicted octanol–water partition coefficient (Wildman–Crippen LogP) is 14.8. The van der Waals surface area contributed by atoms with E-state index in [9.17, 15) is 5.11 Å². The van der Waals surface area contributed by atoms with E-state index in [0.29, 0.717) is 29.6 Å². The van der Waals surface area contributed by atoms with Crippen molar-refractivity contribution in [3.05, 3.63) is 135 Å². The van der Waals surface area contributed by atoms with Crippen LogP contribution >= 0.6 is 0 Å². The topological polar surface area (TPSA) is 45.5 Å². The number of anilines is 2. The van der Waals surface area contributed by atoms with Gasteiger partial charge in [0.2, 0.25) is 0 Å². The smallest absolute Gasteiger partial charge is 0.197 e. The Labute approximate surface area is 357 Å². The molecule has 2 unspecified atom stereocenters. The Kier molecular flexibility index (Phi) is 10.6. The number of aromatic nitrogens is 1. The number of aliphatic hydroxyl groups excluding tert-OH is 1. The Morgan fingerprint density at radius 2 is 1.10 bits per heavy atom. The van der Waals surface area contributed by atoms with Gasteiger partial charge in [-0.15, -0.1) is 0 Å². The van der Waals surface area contributed by atoms with Gasteiger partial charge in [0, 0.05) is 33.5 Å². The highest BCUT2D eigenvalue weighted by Crippen LogP contribution is 2.54. The highest BCUT2D eigenvalue weighted by atomic mass is 16.3.